The van der Waals surface area contributed by atoms with Crippen molar-refractivity contribution in [1.29, 1.82) is 0 Å². The molecular formula is C27H21F7O2. The fourth-order valence-electron chi connectivity index (χ4n) is 4.17. The number of rotatable bonds is 8. The van der Waals surface area contributed by atoms with Crippen molar-refractivity contribution in [1.82, 2.24) is 0 Å². The first-order valence-electron chi connectivity index (χ1n) is 11.1. The quantitative estimate of drug-likeness (QED) is 0.225. The standard InChI is InChI=1S/C27H21F7O2/c1-3-5-6-16-8-7-15(13-19(16)28)14-36-21-12-10-18-17-9-11-20(35-4-2)24(29)22(17)26(31,32)27(33,34)23(18)25(21)30/h3,7-13H,1,4-6,14H2,2H3. The highest BCUT2D eigenvalue weighted by Gasteiger charge is 2.65. The third-order valence-electron chi connectivity index (χ3n) is 5.95. The Kier molecular flexibility index (Phi) is 6.77. The minimum Gasteiger partial charge on any atom is -0.491 e. The molecule has 1 aliphatic carbocycles. The number of allylic oxidation sites excluding steroid dienone is 1. The average molecular weight is 510 g/mol. The maximum Gasteiger partial charge on any atom is 0.343 e. The molecule has 0 bridgehead atoms. The van der Waals surface area contributed by atoms with Gasteiger partial charge in [-0.15, -0.1) is 6.58 Å². The summed E-state index contributed by atoms with van der Waals surface area (Å²) < 4.78 is 114. The Morgan fingerprint density at radius 2 is 1.36 bits per heavy atom. The summed E-state index contributed by atoms with van der Waals surface area (Å²) in [5.41, 5.74) is -3.63. The minimum absolute atomic E-state index is 0.0783. The molecule has 36 heavy (non-hydrogen) atoms. The lowest BCUT2D eigenvalue weighted by molar-refractivity contribution is -0.228. The Morgan fingerprint density at radius 1 is 0.806 bits per heavy atom. The number of alkyl halides is 4. The fourth-order valence-corrected chi connectivity index (χ4v) is 4.17. The van der Waals surface area contributed by atoms with Gasteiger partial charge >= 0.3 is 11.8 Å². The maximum absolute atomic E-state index is 15.2. The number of aryl methyl sites for hydroxylation is 1. The lowest BCUT2D eigenvalue weighted by atomic mass is 9.79. The van der Waals surface area contributed by atoms with Gasteiger partial charge in [-0.3, -0.25) is 0 Å². The van der Waals surface area contributed by atoms with Crippen LogP contribution >= 0.6 is 0 Å². The van der Waals surface area contributed by atoms with E-state index in [4.69, 9.17) is 9.47 Å². The molecule has 0 spiro atoms. The predicted molar refractivity (Wildman–Crippen MR) is 120 cm³/mol. The minimum atomic E-state index is -5.09. The van der Waals surface area contributed by atoms with E-state index in [9.17, 15) is 17.6 Å². The number of fused-ring (bicyclic) bond motifs is 3. The number of hydrogen-bond acceptors (Lipinski definition) is 2. The second kappa shape index (κ2) is 9.52. The SMILES string of the molecule is C=CCCc1ccc(COc2ccc3c(c2F)C(F)(F)C(F)(F)c2c-3ccc(OCC)c2F)cc1F. The van der Waals surface area contributed by atoms with Gasteiger partial charge in [-0.2, -0.15) is 17.6 Å². The zero-order valence-corrected chi connectivity index (χ0v) is 19.1. The van der Waals surface area contributed by atoms with E-state index in [2.05, 4.69) is 6.58 Å². The van der Waals surface area contributed by atoms with E-state index < -0.39 is 69.7 Å². The Hall–Kier alpha value is -3.49. The van der Waals surface area contributed by atoms with Crippen molar-refractivity contribution >= 4 is 0 Å². The van der Waals surface area contributed by atoms with Gasteiger partial charge in [0.15, 0.2) is 23.1 Å². The third-order valence-corrected chi connectivity index (χ3v) is 5.95. The molecule has 0 amide bonds. The lowest BCUT2D eigenvalue weighted by Crippen LogP contribution is -2.41. The summed E-state index contributed by atoms with van der Waals surface area (Å²) in [5.74, 6) is -15.4. The largest absolute Gasteiger partial charge is 0.491 e. The van der Waals surface area contributed by atoms with Crippen LogP contribution in [-0.2, 0) is 24.9 Å². The van der Waals surface area contributed by atoms with Crippen molar-refractivity contribution in [3.05, 3.63) is 94.8 Å². The van der Waals surface area contributed by atoms with Crippen LogP contribution in [0, 0.1) is 17.5 Å². The van der Waals surface area contributed by atoms with Gasteiger partial charge < -0.3 is 9.47 Å². The van der Waals surface area contributed by atoms with Crippen molar-refractivity contribution in [2.75, 3.05) is 6.61 Å². The highest BCUT2D eigenvalue weighted by molar-refractivity contribution is 5.78. The first kappa shape index (κ1) is 25.6. The molecule has 0 saturated heterocycles. The molecule has 0 atom stereocenters. The molecule has 2 nitrogen and oxygen atoms in total. The van der Waals surface area contributed by atoms with Crippen molar-refractivity contribution in [3.63, 3.8) is 0 Å². The van der Waals surface area contributed by atoms with Crippen molar-refractivity contribution in [2.45, 2.75) is 38.2 Å². The Labute approximate surface area is 203 Å². The van der Waals surface area contributed by atoms with Crippen LogP contribution in [0.5, 0.6) is 11.5 Å². The highest BCUT2D eigenvalue weighted by Crippen LogP contribution is 2.60. The van der Waals surface area contributed by atoms with E-state index in [1.807, 2.05) is 0 Å². The molecule has 9 heteroatoms. The van der Waals surface area contributed by atoms with E-state index in [-0.39, 0.29) is 12.2 Å². The van der Waals surface area contributed by atoms with Crippen molar-refractivity contribution in [2.24, 2.45) is 0 Å². The van der Waals surface area contributed by atoms with Crippen LogP contribution < -0.4 is 9.47 Å². The molecule has 190 valence electrons. The van der Waals surface area contributed by atoms with Gasteiger partial charge in [0.25, 0.3) is 0 Å². The van der Waals surface area contributed by atoms with E-state index >= 15 is 13.2 Å². The summed E-state index contributed by atoms with van der Waals surface area (Å²) >= 11 is 0. The Balaban J connectivity index is 1.72. The number of hydrogen-bond donors (Lipinski definition) is 0. The highest BCUT2D eigenvalue weighted by atomic mass is 19.3. The average Bonchev–Trinajstić information content (AvgIpc) is 2.82. The Morgan fingerprint density at radius 3 is 1.86 bits per heavy atom. The fraction of sp³-hybridized carbons (Fsp3) is 0.259. The van der Waals surface area contributed by atoms with Crippen molar-refractivity contribution in [3.8, 4) is 22.6 Å². The molecule has 3 aromatic rings. The third kappa shape index (κ3) is 4.10. The van der Waals surface area contributed by atoms with Gasteiger partial charge in [-0.25, -0.2) is 13.2 Å². The number of benzene rings is 3. The summed E-state index contributed by atoms with van der Waals surface area (Å²) in [6.07, 6.45) is 2.62. The molecule has 0 heterocycles. The lowest BCUT2D eigenvalue weighted by Gasteiger charge is -2.35. The van der Waals surface area contributed by atoms with Gasteiger partial charge in [0.05, 0.1) is 17.7 Å². The zero-order valence-electron chi connectivity index (χ0n) is 19.1. The summed E-state index contributed by atoms with van der Waals surface area (Å²) in [4.78, 5) is 0. The molecule has 1 aliphatic rings. The van der Waals surface area contributed by atoms with E-state index in [0.717, 1.165) is 30.3 Å². The van der Waals surface area contributed by atoms with Crippen LogP contribution in [0.15, 0.2) is 55.1 Å². The summed E-state index contributed by atoms with van der Waals surface area (Å²) in [6, 6.07) is 8.16. The van der Waals surface area contributed by atoms with E-state index in [0.29, 0.717) is 18.4 Å². The van der Waals surface area contributed by atoms with Gasteiger partial charge in [0.1, 0.15) is 12.4 Å². The maximum atomic E-state index is 15.2. The van der Waals surface area contributed by atoms with E-state index in [1.54, 1.807) is 6.08 Å². The first-order valence-corrected chi connectivity index (χ1v) is 11.1. The van der Waals surface area contributed by atoms with Crippen LogP contribution in [0.2, 0.25) is 0 Å². The Bertz CT molecular complexity index is 1320. The van der Waals surface area contributed by atoms with Gasteiger partial charge in [0.2, 0.25) is 0 Å². The molecule has 3 aromatic carbocycles. The smallest absolute Gasteiger partial charge is 0.343 e. The van der Waals surface area contributed by atoms with Gasteiger partial charge in [-0.1, -0.05) is 18.2 Å². The number of ether oxygens (including phenoxy) is 2. The monoisotopic (exact) mass is 510 g/mol. The summed E-state index contributed by atoms with van der Waals surface area (Å²) in [7, 11) is 0. The first-order chi connectivity index (χ1) is 17.0. The molecule has 4 rings (SSSR count). The molecule has 0 fully saturated rings. The second-order valence-corrected chi connectivity index (χ2v) is 8.22. The normalized spacial score (nSPS) is 15.1. The van der Waals surface area contributed by atoms with Gasteiger partial charge in [-0.05, 0) is 72.4 Å². The van der Waals surface area contributed by atoms with Crippen LogP contribution in [-0.4, -0.2) is 6.61 Å². The summed E-state index contributed by atoms with van der Waals surface area (Å²) in [6.45, 7) is 4.56. The predicted octanol–water partition coefficient (Wildman–Crippen LogP) is 8.06. The molecule has 0 aromatic heterocycles. The zero-order chi connectivity index (χ0) is 26.3. The second-order valence-electron chi connectivity index (χ2n) is 8.22. The van der Waals surface area contributed by atoms with Crippen LogP contribution in [0.1, 0.15) is 35.6 Å². The molecular weight excluding hydrogens is 489 g/mol. The summed E-state index contributed by atoms with van der Waals surface area (Å²) in [5, 5.41) is 0. The molecule has 0 saturated carbocycles. The molecule has 0 N–H and O–H groups in total. The van der Waals surface area contributed by atoms with Crippen LogP contribution in [0.25, 0.3) is 11.1 Å². The topological polar surface area (TPSA) is 18.5 Å². The van der Waals surface area contributed by atoms with Crippen molar-refractivity contribution < 1.29 is 40.2 Å². The molecule has 0 radical (unpaired) electrons. The number of halogens is 7. The molecule has 0 aliphatic heterocycles. The molecule has 0 unspecified atom stereocenters. The van der Waals surface area contributed by atoms with E-state index in [1.165, 1.54) is 19.1 Å². The van der Waals surface area contributed by atoms with Gasteiger partial charge in [0, 0.05) is 0 Å². The van der Waals surface area contributed by atoms with Crippen LogP contribution in [0.4, 0.5) is 30.7 Å². The van der Waals surface area contributed by atoms with Crippen LogP contribution in [0.3, 0.4) is 0 Å².